The van der Waals surface area contributed by atoms with Gasteiger partial charge < -0.3 is 10.1 Å². The Morgan fingerprint density at radius 1 is 1.08 bits per heavy atom. The lowest BCUT2D eigenvalue weighted by molar-refractivity contribution is 0.0601. The highest BCUT2D eigenvalue weighted by Crippen LogP contribution is 2.26. The van der Waals surface area contributed by atoms with Crippen molar-refractivity contribution in [1.29, 1.82) is 0 Å². The molecule has 7 heteroatoms. The van der Waals surface area contributed by atoms with Gasteiger partial charge in [-0.05, 0) is 30.3 Å². The van der Waals surface area contributed by atoms with Gasteiger partial charge in [-0.2, -0.15) is 0 Å². The molecule has 3 aromatic rings. The monoisotopic (exact) mass is 370 g/mol. The number of esters is 1. The molecule has 132 valence electrons. The van der Waals surface area contributed by atoms with Gasteiger partial charge >= 0.3 is 5.97 Å². The zero-order valence-corrected chi connectivity index (χ0v) is 14.8. The lowest BCUT2D eigenvalue weighted by Gasteiger charge is -2.09. The number of halogens is 1. The summed E-state index contributed by atoms with van der Waals surface area (Å²) in [7, 11) is 1.27. The van der Waals surface area contributed by atoms with E-state index in [2.05, 4.69) is 5.32 Å². The van der Waals surface area contributed by atoms with E-state index in [4.69, 9.17) is 16.3 Å². The molecule has 0 aliphatic carbocycles. The molecule has 0 saturated heterocycles. The molecule has 6 nitrogen and oxygen atoms in total. The summed E-state index contributed by atoms with van der Waals surface area (Å²) in [6.45, 7) is 1.41. The minimum Gasteiger partial charge on any atom is -0.465 e. The molecule has 0 fully saturated rings. The maximum Gasteiger partial charge on any atom is 0.339 e. The number of carbonyl (C=O) groups is 3. The standard InChI is InChI=1S/C19H15ClN2O4/c1-11(23)22-10-15(14-9-12(20)7-8-17(14)22)18(24)21-16-6-4-3-5-13(16)19(25)26-2/h3-10H,1-2H3,(H,21,24). The second-order valence-corrected chi connectivity index (χ2v) is 6.02. The molecule has 2 aromatic carbocycles. The molecule has 0 bridgehead atoms. The summed E-state index contributed by atoms with van der Waals surface area (Å²) in [4.78, 5) is 36.5. The summed E-state index contributed by atoms with van der Waals surface area (Å²) in [6.07, 6.45) is 1.46. The van der Waals surface area contributed by atoms with Gasteiger partial charge in [-0.25, -0.2) is 4.79 Å². The Morgan fingerprint density at radius 2 is 1.81 bits per heavy atom. The molecule has 0 aliphatic rings. The van der Waals surface area contributed by atoms with E-state index in [-0.39, 0.29) is 17.0 Å². The molecular weight excluding hydrogens is 356 g/mol. The minimum atomic E-state index is -0.560. The summed E-state index contributed by atoms with van der Waals surface area (Å²) < 4.78 is 6.11. The van der Waals surface area contributed by atoms with E-state index in [0.29, 0.717) is 21.6 Å². The van der Waals surface area contributed by atoms with E-state index in [9.17, 15) is 14.4 Å². The molecule has 0 spiro atoms. The third kappa shape index (κ3) is 3.19. The fraction of sp³-hybridized carbons (Fsp3) is 0.105. The van der Waals surface area contributed by atoms with Crippen LogP contribution in [0.5, 0.6) is 0 Å². The van der Waals surface area contributed by atoms with Crippen molar-refractivity contribution in [3.8, 4) is 0 Å². The first kappa shape index (κ1) is 17.7. The van der Waals surface area contributed by atoms with Gasteiger partial charge in [0.15, 0.2) is 0 Å². The molecule has 0 aliphatic heterocycles. The van der Waals surface area contributed by atoms with Crippen LogP contribution in [0, 0.1) is 0 Å². The van der Waals surface area contributed by atoms with Gasteiger partial charge in [0.2, 0.25) is 5.91 Å². The number of nitrogens with one attached hydrogen (secondary N) is 1. The molecular formula is C19H15ClN2O4. The SMILES string of the molecule is COC(=O)c1ccccc1NC(=O)c1cn(C(C)=O)c2ccc(Cl)cc12. The number of rotatable bonds is 3. The van der Waals surface area contributed by atoms with Crippen molar-refractivity contribution in [1.82, 2.24) is 4.57 Å². The van der Waals surface area contributed by atoms with Gasteiger partial charge in [-0.3, -0.25) is 14.2 Å². The highest BCUT2D eigenvalue weighted by Gasteiger charge is 2.19. The number of ether oxygens (including phenoxy) is 1. The number of nitrogens with zero attached hydrogens (tertiary/aromatic N) is 1. The number of para-hydroxylation sites is 1. The largest absolute Gasteiger partial charge is 0.465 e. The smallest absolute Gasteiger partial charge is 0.339 e. The van der Waals surface area contributed by atoms with Crippen molar-refractivity contribution in [2.45, 2.75) is 6.92 Å². The van der Waals surface area contributed by atoms with E-state index in [0.717, 1.165) is 0 Å². The van der Waals surface area contributed by atoms with E-state index in [1.54, 1.807) is 42.5 Å². The molecule has 1 N–H and O–H groups in total. The predicted octanol–water partition coefficient (Wildman–Crippen LogP) is 3.99. The summed E-state index contributed by atoms with van der Waals surface area (Å²) in [5, 5.41) is 3.69. The fourth-order valence-electron chi connectivity index (χ4n) is 2.71. The number of benzene rings is 2. The first-order valence-corrected chi connectivity index (χ1v) is 8.10. The van der Waals surface area contributed by atoms with Crippen molar-refractivity contribution < 1.29 is 19.1 Å². The fourth-order valence-corrected chi connectivity index (χ4v) is 2.89. The number of hydrogen-bond donors (Lipinski definition) is 1. The average Bonchev–Trinajstić information content (AvgIpc) is 3.00. The Morgan fingerprint density at radius 3 is 2.50 bits per heavy atom. The van der Waals surface area contributed by atoms with Crippen LogP contribution in [0.1, 0.15) is 32.4 Å². The van der Waals surface area contributed by atoms with Crippen LogP contribution in [0.3, 0.4) is 0 Å². The predicted molar refractivity (Wildman–Crippen MR) is 99.0 cm³/mol. The van der Waals surface area contributed by atoms with E-state index in [1.165, 1.54) is 24.8 Å². The van der Waals surface area contributed by atoms with E-state index < -0.39 is 11.9 Å². The number of carbonyl (C=O) groups excluding carboxylic acids is 3. The molecule has 26 heavy (non-hydrogen) atoms. The molecule has 1 aromatic heterocycles. The Balaban J connectivity index is 2.06. The third-order valence-corrected chi connectivity index (χ3v) is 4.17. The van der Waals surface area contributed by atoms with Gasteiger partial charge in [0.25, 0.3) is 5.91 Å². The molecule has 0 saturated carbocycles. The van der Waals surface area contributed by atoms with Crippen LogP contribution in [-0.4, -0.2) is 29.5 Å². The summed E-state index contributed by atoms with van der Waals surface area (Å²) in [5.41, 5.74) is 1.40. The highest BCUT2D eigenvalue weighted by molar-refractivity contribution is 6.31. The van der Waals surface area contributed by atoms with Crippen LogP contribution in [-0.2, 0) is 4.74 Å². The average molecular weight is 371 g/mol. The Hall–Kier alpha value is -3.12. The molecule has 0 radical (unpaired) electrons. The maximum atomic E-state index is 12.8. The van der Waals surface area contributed by atoms with Gasteiger partial charge in [-0.15, -0.1) is 0 Å². The van der Waals surface area contributed by atoms with Crippen LogP contribution < -0.4 is 5.32 Å². The Kier molecular flexibility index (Phi) is 4.77. The van der Waals surface area contributed by atoms with Gasteiger partial charge in [0, 0.05) is 23.5 Å². The van der Waals surface area contributed by atoms with E-state index in [1.807, 2.05) is 0 Å². The van der Waals surface area contributed by atoms with Crippen LogP contribution in [0.15, 0.2) is 48.7 Å². The second-order valence-electron chi connectivity index (χ2n) is 5.58. The third-order valence-electron chi connectivity index (χ3n) is 3.93. The zero-order chi connectivity index (χ0) is 18.8. The topological polar surface area (TPSA) is 77.4 Å². The molecule has 3 rings (SSSR count). The van der Waals surface area contributed by atoms with Crippen LogP contribution >= 0.6 is 11.6 Å². The van der Waals surface area contributed by atoms with Gasteiger partial charge in [0.05, 0.1) is 29.4 Å². The lowest BCUT2D eigenvalue weighted by Crippen LogP contribution is -2.15. The number of methoxy groups -OCH3 is 1. The number of anilines is 1. The van der Waals surface area contributed by atoms with Crippen LogP contribution in [0.2, 0.25) is 5.02 Å². The van der Waals surface area contributed by atoms with Gasteiger partial charge in [0.1, 0.15) is 0 Å². The van der Waals surface area contributed by atoms with Crippen molar-refractivity contribution in [3.63, 3.8) is 0 Å². The van der Waals surface area contributed by atoms with Crippen molar-refractivity contribution in [2.75, 3.05) is 12.4 Å². The van der Waals surface area contributed by atoms with Crippen molar-refractivity contribution in [2.24, 2.45) is 0 Å². The first-order chi connectivity index (χ1) is 12.4. The second kappa shape index (κ2) is 7.01. The molecule has 1 heterocycles. The summed E-state index contributed by atoms with van der Waals surface area (Å²) in [5.74, 6) is -1.25. The number of hydrogen-bond acceptors (Lipinski definition) is 4. The number of aromatic nitrogens is 1. The highest BCUT2D eigenvalue weighted by atomic mass is 35.5. The van der Waals surface area contributed by atoms with Gasteiger partial charge in [-0.1, -0.05) is 23.7 Å². The maximum absolute atomic E-state index is 12.8. The normalized spacial score (nSPS) is 10.6. The summed E-state index contributed by atoms with van der Waals surface area (Å²) >= 11 is 6.04. The number of amides is 1. The first-order valence-electron chi connectivity index (χ1n) is 7.72. The van der Waals surface area contributed by atoms with Crippen molar-refractivity contribution >= 4 is 46.0 Å². The Bertz CT molecular complexity index is 1040. The minimum absolute atomic E-state index is 0.230. The van der Waals surface area contributed by atoms with Crippen LogP contribution in [0.4, 0.5) is 5.69 Å². The lowest BCUT2D eigenvalue weighted by atomic mass is 10.1. The molecule has 0 atom stereocenters. The molecule has 1 amide bonds. The Labute approximate surface area is 154 Å². The molecule has 0 unspecified atom stereocenters. The van der Waals surface area contributed by atoms with Crippen LogP contribution in [0.25, 0.3) is 10.9 Å². The van der Waals surface area contributed by atoms with Crippen molar-refractivity contribution in [3.05, 3.63) is 64.8 Å². The quantitative estimate of drug-likeness (QED) is 0.707. The zero-order valence-electron chi connectivity index (χ0n) is 14.1. The van der Waals surface area contributed by atoms with E-state index >= 15 is 0 Å². The number of fused-ring (bicyclic) bond motifs is 1. The summed E-state index contributed by atoms with van der Waals surface area (Å²) in [6, 6.07) is 11.5.